The number of nitrogens with one attached hydrogen (secondary N) is 1. The summed E-state index contributed by atoms with van der Waals surface area (Å²) in [5.74, 6) is 0.108. The molecule has 76 valence electrons. The first kappa shape index (κ1) is 10.2. The van der Waals surface area contributed by atoms with Crippen molar-refractivity contribution < 1.29 is 0 Å². The molecule has 0 amide bonds. The second kappa shape index (κ2) is 3.91. The van der Waals surface area contributed by atoms with Crippen LogP contribution >= 0.6 is 0 Å². The number of nitrogen functional groups attached to an aromatic ring is 1. The molecule has 0 saturated carbocycles. The molecule has 0 saturated heterocycles. The molecule has 2 rings (SSSR count). The summed E-state index contributed by atoms with van der Waals surface area (Å²) in [6.45, 7) is 4.00. The normalized spacial score (nSPS) is 9.64. The molecule has 6 heteroatoms. The third-order valence-corrected chi connectivity index (χ3v) is 1.59. The lowest BCUT2D eigenvalue weighted by Gasteiger charge is -1.93. The van der Waals surface area contributed by atoms with E-state index in [4.69, 9.17) is 5.73 Å². The molecule has 0 unspecified atom stereocenters. The number of fused-ring (bicyclic) bond motifs is 1. The Morgan fingerprint density at radius 2 is 2.14 bits per heavy atom. The number of aromatic nitrogens is 4. The zero-order chi connectivity index (χ0) is 10.7. The molecule has 0 bridgehead atoms. The van der Waals surface area contributed by atoms with Crippen molar-refractivity contribution in [3.05, 3.63) is 16.7 Å². The third-order valence-electron chi connectivity index (χ3n) is 1.59. The van der Waals surface area contributed by atoms with Gasteiger partial charge in [0.15, 0.2) is 11.2 Å². The van der Waals surface area contributed by atoms with Gasteiger partial charge >= 0.3 is 0 Å². The molecule has 2 aromatic heterocycles. The lowest BCUT2D eigenvalue weighted by molar-refractivity contribution is 0.929. The molecule has 0 aliphatic rings. The van der Waals surface area contributed by atoms with Crippen molar-refractivity contribution in [1.82, 2.24) is 19.5 Å². The average Bonchev–Trinajstić information content (AvgIpc) is 2.52. The number of anilines is 1. The molecule has 0 radical (unpaired) electrons. The summed E-state index contributed by atoms with van der Waals surface area (Å²) in [6, 6.07) is 0. The first-order chi connectivity index (χ1) is 6.68. The molecule has 3 N–H and O–H groups in total. The number of rotatable bonds is 0. The van der Waals surface area contributed by atoms with E-state index >= 15 is 0 Å². The van der Waals surface area contributed by atoms with Crippen LogP contribution in [0.1, 0.15) is 13.8 Å². The number of imidazole rings is 1. The predicted octanol–water partition coefficient (Wildman–Crippen LogP) is 0.265. The number of nitrogens with two attached hydrogens (primary N) is 1. The summed E-state index contributed by atoms with van der Waals surface area (Å²) < 4.78 is 1.64. The molecule has 0 aliphatic carbocycles. The summed E-state index contributed by atoms with van der Waals surface area (Å²) in [5.41, 5.74) is 5.85. The van der Waals surface area contributed by atoms with E-state index in [0.29, 0.717) is 11.2 Å². The van der Waals surface area contributed by atoms with Crippen LogP contribution in [0, 0.1) is 0 Å². The van der Waals surface area contributed by atoms with Crippen LogP contribution in [-0.2, 0) is 7.05 Å². The minimum atomic E-state index is -0.307. The summed E-state index contributed by atoms with van der Waals surface area (Å²) in [7, 11) is 1.75. The summed E-state index contributed by atoms with van der Waals surface area (Å²) in [6.07, 6.45) is 1.52. The molecule has 0 spiro atoms. The van der Waals surface area contributed by atoms with E-state index in [2.05, 4.69) is 15.0 Å². The Morgan fingerprint density at radius 3 is 2.79 bits per heavy atom. The van der Waals surface area contributed by atoms with Crippen molar-refractivity contribution in [2.75, 3.05) is 5.73 Å². The van der Waals surface area contributed by atoms with Crippen LogP contribution in [0.3, 0.4) is 0 Å². The molecule has 14 heavy (non-hydrogen) atoms. The molecule has 6 nitrogen and oxygen atoms in total. The number of aryl methyl sites for hydroxylation is 1. The van der Waals surface area contributed by atoms with E-state index in [1.54, 1.807) is 11.6 Å². The lowest BCUT2D eigenvalue weighted by Crippen LogP contribution is -2.11. The van der Waals surface area contributed by atoms with Gasteiger partial charge in [0, 0.05) is 7.05 Å². The largest absolute Gasteiger partial charge is 0.369 e. The molecular weight excluding hydrogens is 182 g/mol. The van der Waals surface area contributed by atoms with Crippen LogP contribution < -0.4 is 11.3 Å². The van der Waals surface area contributed by atoms with Gasteiger partial charge in [-0.05, 0) is 0 Å². The van der Waals surface area contributed by atoms with E-state index in [9.17, 15) is 4.79 Å². The maximum atomic E-state index is 11.2. The number of aromatic amines is 1. The minimum Gasteiger partial charge on any atom is -0.369 e. The maximum absolute atomic E-state index is 11.2. The highest BCUT2D eigenvalue weighted by molar-refractivity contribution is 5.70. The van der Waals surface area contributed by atoms with Crippen molar-refractivity contribution in [3.8, 4) is 0 Å². The summed E-state index contributed by atoms with van der Waals surface area (Å²) >= 11 is 0. The van der Waals surface area contributed by atoms with Crippen molar-refractivity contribution in [3.63, 3.8) is 0 Å². The second-order valence-electron chi connectivity index (χ2n) is 2.48. The highest BCUT2D eigenvalue weighted by Gasteiger charge is 2.05. The van der Waals surface area contributed by atoms with Gasteiger partial charge in [0.1, 0.15) is 0 Å². The Labute approximate surface area is 80.8 Å². The Morgan fingerprint density at radius 1 is 1.50 bits per heavy atom. The smallest absolute Gasteiger partial charge is 0.280 e. The first-order valence-electron chi connectivity index (χ1n) is 4.35. The maximum Gasteiger partial charge on any atom is 0.280 e. The fourth-order valence-corrected chi connectivity index (χ4v) is 1.03. The van der Waals surface area contributed by atoms with Gasteiger partial charge in [0.25, 0.3) is 5.56 Å². The van der Waals surface area contributed by atoms with E-state index in [1.165, 1.54) is 6.33 Å². The van der Waals surface area contributed by atoms with E-state index < -0.39 is 0 Å². The van der Waals surface area contributed by atoms with Gasteiger partial charge in [-0.1, -0.05) is 13.8 Å². The molecule has 2 heterocycles. The van der Waals surface area contributed by atoms with Crippen LogP contribution in [0.15, 0.2) is 11.1 Å². The van der Waals surface area contributed by atoms with Gasteiger partial charge in [0.2, 0.25) is 5.95 Å². The van der Waals surface area contributed by atoms with Gasteiger partial charge in [-0.15, -0.1) is 0 Å². The first-order valence-corrected chi connectivity index (χ1v) is 4.35. The van der Waals surface area contributed by atoms with Gasteiger partial charge in [-0.2, -0.15) is 4.98 Å². The number of H-pyrrole nitrogens is 1. The summed E-state index contributed by atoms with van der Waals surface area (Å²) in [4.78, 5) is 21.3. The van der Waals surface area contributed by atoms with Crippen molar-refractivity contribution in [1.29, 1.82) is 0 Å². The third kappa shape index (κ3) is 1.59. The van der Waals surface area contributed by atoms with E-state index in [1.807, 2.05) is 13.8 Å². The summed E-state index contributed by atoms with van der Waals surface area (Å²) in [5, 5.41) is 0. The molecule has 0 aromatic carbocycles. The van der Waals surface area contributed by atoms with Gasteiger partial charge < -0.3 is 10.3 Å². The Balaban J connectivity index is 0.000000461. The fourth-order valence-electron chi connectivity index (χ4n) is 1.03. The monoisotopic (exact) mass is 195 g/mol. The quantitative estimate of drug-likeness (QED) is 0.631. The highest BCUT2D eigenvalue weighted by Crippen LogP contribution is 2.02. The van der Waals surface area contributed by atoms with E-state index in [0.717, 1.165) is 0 Å². The Hall–Kier alpha value is -1.85. The van der Waals surface area contributed by atoms with Gasteiger partial charge in [-0.3, -0.25) is 9.78 Å². The van der Waals surface area contributed by atoms with Crippen molar-refractivity contribution in [2.45, 2.75) is 13.8 Å². The van der Waals surface area contributed by atoms with Crippen molar-refractivity contribution in [2.24, 2.45) is 7.05 Å². The van der Waals surface area contributed by atoms with Crippen molar-refractivity contribution >= 4 is 17.1 Å². The van der Waals surface area contributed by atoms with Crippen LogP contribution in [0.5, 0.6) is 0 Å². The SMILES string of the molecule is CC.Cn1cnc2c(=O)[nH]c(N)nc21. The standard InChI is InChI=1S/C6H7N5O.C2H6/c1-11-2-8-3-4(11)9-6(7)10-5(3)12;1-2/h2H,1H3,(H3,7,9,10,12);1-2H3. The van der Waals surface area contributed by atoms with Crippen LogP contribution in [0.25, 0.3) is 11.2 Å². The van der Waals surface area contributed by atoms with Gasteiger partial charge in [0.05, 0.1) is 6.33 Å². The zero-order valence-electron chi connectivity index (χ0n) is 8.40. The topological polar surface area (TPSA) is 89.6 Å². The molecule has 0 aliphatic heterocycles. The van der Waals surface area contributed by atoms with Gasteiger partial charge in [-0.25, -0.2) is 4.98 Å². The average molecular weight is 195 g/mol. The lowest BCUT2D eigenvalue weighted by atomic mass is 10.5. The molecule has 2 aromatic rings. The number of hydrogen-bond donors (Lipinski definition) is 2. The molecule has 0 fully saturated rings. The number of hydrogen-bond acceptors (Lipinski definition) is 4. The molecular formula is C8H13N5O. The Kier molecular flexibility index (Phi) is 2.85. The van der Waals surface area contributed by atoms with E-state index in [-0.39, 0.29) is 11.5 Å². The fraction of sp³-hybridized carbons (Fsp3) is 0.375. The second-order valence-corrected chi connectivity index (χ2v) is 2.48. The Bertz CT molecular complexity index is 484. The number of nitrogens with zero attached hydrogens (tertiary/aromatic N) is 3. The van der Waals surface area contributed by atoms with Crippen LogP contribution in [-0.4, -0.2) is 19.5 Å². The van der Waals surface area contributed by atoms with Crippen LogP contribution in [0.2, 0.25) is 0 Å². The molecule has 0 atom stereocenters. The van der Waals surface area contributed by atoms with Crippen LogP contribution in [0.4, 0.5) is 5.95 Å². The highest BCUT2D eigenvalue weighted by atomic mass is 16.1. The predicted molar refractivity (Wildman–Crippen MR) is 54.9 cm³/mol. The minimum absolute atomic E-state index is 0.108. The zero-order valence-corrected chi connectivity index (χ0v) is 8.40.